The summed E-state index contributed by atoms with van der Waals surface area (Å²) >= 11 is 0. The van der Waals surface area contributed by atoms with Crippen LogP contribution in [0.15, 0.2) is 0 Å². The van der Waals surface area contributed by atoms with Gasteiger partial charge in [-0.15, -0.1) is 0 Å². The summed E-state index contributed by atoms with van der Waals surface area (Å²) in [5.41, 5.74) is 0. The first kappa shape index (κ1) is 21.8. The molecule has 0 aromatic rings. The fraction of sp³-hybridized carbons (Fsp3) is 0.750. The molecule has 2 atom stereocenters. The molecule has 0 aliphatic heterocycles. The molecule has 4 N–H and O–H groups in total. The van der Waals surface area contributed by atoms with Crippen LogP contribution in [-0.2, 0) is 19.2 Å². The highest BCUT2D eigenvalue weighted by molar-refractivity contribution is 5.73. The Bertz CT molecular complexity index is 448. The van der Waals surface area contributed by atoms with Crippen molar-refractivity contribution in [3.63, 3.8) is 0 Å². The topological polar surface area (TPSA) is 156 Å². The Kier molecular flexibility index (Phi) is 9.00. The van der Waals surface area contributed by atoms with Crippen LogP contribution in [0, 0.1) is 11.8 Å². The number of aliphatic carboxylic acids is 4. The minimum absolute atomic E-state index is 0.101. The number of carbonyl (C=O) groups is 4. The molecule has 0 aromatic heterocycles. The molecule has 10 heteroatoms. The zero-order valence-electron chi connectivity index (χ0n) is 14.5. The second kappa shape index (κ2) is 10.7. The maximum Gasteiger partial charge on any atom is 0.317 e. The Hall–Kier alpha value is -2.20. The predicted octanol–water partition coefficient (Wildman–Crippen LogP) is -0.265. The monoisotopic (exact) mass is 374 g/mol. The van der Waals surface area contributed by atoms with Crippen LogP contribution in [0.3, 0.4) is 0 Å². The van der Waals surface area contributed by atoms with E-state index in [1.807, 2.05) is 0 Å². The highest BCUT2D eigenvalue weighted by Crippen LogP contribution is 2.30. The van der Waals surface area contributed by atoms with Crippen LogP contribution in [0.5, 0.6) is 0 Å². The van der Waals surface area contributed by atoms with Crippen molar-refractivity contribution in [2.24, 2.45) is 11.8 Å². The zero-order chi connectivity index (χ0) is 19.7. The molecule has 2 unspecified atom stereocenters. The Morgan fingerprint density at radius 2 is 0.962 bits per heavy atom. The molecule has 0 bridgehead atoms. The average molecular weight is 374 g/mol. The van der Waals surface area contributed by atoms with Crippen molar-refractivity contribution in [1.82, 2.24) is 9.80 Å². The van der Waals surface area contributed by atoms with Crippen LogP contribution in [0.1, 0.15) is 25.7 Å². The first-order chi connectivity index (χ1) is 12.2. The van der Waals surface area contributed by atoms with Crippen LogP contribution in [0.2, 0.25) is 0 Å². The quantitative estimate of drug-likeness (QED) is 0.359. The van der Waals surface area contributed by atoms with Crippen LogP contribution in [0.4, 0.5) is 0 Å². The molecular formula is C16H26N2O8. The van der Waals surface area contributed by atoms with E-state index in [2.05, 4.69) is 0 Å². The molecule has 0 heterocycles. The summed E-state index contributed by atoms with van der Waals surface area (Å²) in [4.78, 5) is 46.3. The molecule has 1 saturated carbocycles. The molecule has 148 valence electrons. The molecule has 0 radical (unpaired) electrons. The summed E-state index contributed by atoms with van der Waals surface area (Å²) in [5, 5.41) is 35.7. The van der Waals surface area contributed by atoms with Gasteiger partial charge in [0.25, 0.3) is 0 Å². The summed E-state index contributed by atoms with van der Waals surface area (Å²) in [6, 6.07) is 0. The summed E-state index contributed by atoms with van der Waals surface area (Å²) < 4.78 is 0. The highest BCUT2D eigenvalue weighted by Gasteiger charge is 2.27. The molecular weight excluding hydrogens is 348 g/mol. The van der Waals surface area contributed by atoms with Crippen molar-refractivity contribution in [2.75, 3.05) is 39.3 Å². The number of carboxylic acids is 4. The highest BCUT2D eigenvalue weighted by atomic mass is 16.4. The van der Waals surface area contributed by atoms with E-state index >= 15 is 0 Å². The van der Waals surface area contributed by atoms with E-state index < -0.39 is 23.9 Å². The van der Waals surface area contributed by atoms with Crippen LogP contribution in [-0.4, -0.2) is 93.4 Å². The van der Waals surface area contributed by atoms with Gasteiger partial charge in [0.15, 0.2) is 0 Å². The van der Waals surface area contributed by atoms with Crippen molar-refractivity contribution >= 4 is 23.9 Å². The molecule has 1 fully saturated rings. The number of carboxylic acid groups (broad SMARTS) is 4. The van der Waals surface area contributed by atoms with Crippen LogP contribution in [0.25, 0.3) is 0 Å². The Morgan fingerprint density at radius 3 is 1.23 bits per heavy atom. The minimum atomic E-state index is -1.09. The molecule has 0 amide bonds. The van der Waals surface area contributed by atoms with Gasteiger partial charge >= 0.3 is 23.9 Å². The predicted molar refractivity (Wildman–Crippen MR) is 88.9 cm³/mol. The third-order valence-corrected chi connectivity index (χ3v) is 4.36. The molecule has 10 nitrogen and oxygen atoms in total. The zero-order valence-corrected chi connectivity index (χ0v) is 14.5. The second-order valence-corrected chi connectivity index (χ2v) is 6.81. The van der Waals surface area contributed by atoms with Crippen LogP contribution < -0.4 is 0 Å². The molecule has 0 aromatic carbocycles. The number of hydrogen-bond donors (Lipinski definition) is 4. The van der Waals surface area contributed by atoms with Crippen molar-refractivity contribution < 1.29 is 39.6 Å². The number of rotatable bonds is 12. The Morgan fingerprint density at radius 1 is 0.654 bits per heavy atom. The van der Waals surface area contributed by atoms with Crippen molar-refractivity contribution in [2.45, 2.75) is 25.7 Å². The third kappa shape index (κ3) is 9.33. The Balaban J connectivity index is 2.62. The van der Waals surface area contributed by atoms with Gasteiger partial charge in [-0.05, 0) is 31.1 Å². The summed E-state index contributed by atoms with van der Waals surface area (Å²) in [6.07, 6.45) is 3.22. The van der Waals surface area contributed by atoms with Gasteiger partial charge < -0.3 is 20.4 Å². The average Bonchev–Trinajstić information content (AvgIpc) is 2.44. The molecule has 26 heavy (non-hydrogen) atoms. The van der Waals surface area contributed by atoms with E-state index in [0.717, 1.165) is 19.3 Å². The molecule has 0 spiro atoms. The van der Waals surface area contributed by atoms with Gasteiger partial charge in [-0.1, -0.05) is 6.42 Å². The maximum atomic E-state index is 10.9. The van der Waals surface area contributed by atoms with E-state index in [0.29, 0.717) is 19.5 Å². The van der Waals surface area contributed by atoms with Gasteiger partial charge in [-0.25, -0.2) is 0 Å². The van der Waals surface area contributed by atoms with Crippen molar-refractivity contribution in [3.8, 4) is 0 Å². The fourth-order valence-corrected chi connectivity index (χ4v) is 3.60. The van der Waals surface area contributed by atoms with E-state index in [-0.39, 0.29) is 38.0 Å². The lowest BCUT2D eigenvalue weighted by molar-refractivity contribution is -0.143. The first-order valence-electron chi connectivity index (χ1n) is 8.47. The van der Waals surface area contributed by atoms with Gasteiger partial charge in [0.1, 0.15) is 0 Å². The third-order valence-electron chi connectivity index (χ3n) is 4.36. The lowest BCUT2D eigenvalue weighted by Crippen LogP contribution is -2.41. The Labute approximate surface area is 151 Å². The largest absolute Gasteiger partial charge is 0.480 e. The van der Waals surface area contributed by atoms with E-state index in [9.17, 15) is 19.2 Å². The normalized spacial score (nSPS) is 20.2. The lowest BCUT2D eigenvalue weighted by atomic mass is 9.80. The van der Waals surface area contributed by atoms with Gasteiger partial charge in [0.2, 0.25) is 0 Å². The standard InChI is InChI=1S/C16H26N2O8/c19-13(20)7-17(8-14(21)22)5-11-2-1-3-12(4-11)6-18(9-15(23)24)10-16(25)26/h11-12H,1-10H2,(H,19,20)(H,21,22)(H,23,24)(H,25,26). The van der Waals surface area contributed by atoms with Crippen molar-refractivity contribution in [3.05, 3.63) is 0 Å². The summed E-state index contributed by atoms with van der Waals surface area (Å²) in [7, 11) is 0. The first-order valence-corrected chi connectivity index (χ1v) is 8.47. The van der Waals surface area contributed by atoms with Gasteiger partial charge in [0.05, 0.1) is 26.2 Å². The fourth-order valence-electron chi connectivity index (χ4n) is 3.60. The number of hydrogen-bond acceptors (Lipinski definition) is 6. The van der Waals surface area contributed by atoms with Gasteiger partial charge in [0, 0.05) is 13.1 Å². The van der Waals surface area contributed by atoms with Gasteiger partial charge in [-0.2, -0.15) is 0 Å². The maximum absolute atomic E-state index is 10.9. The molecule has 0 saturated heterocycles. The summed E-state index contributed by atoms with van der Waals surface area (Å²) in [6.45, 7) is -0.718. The summed E-state index contributed by atoms with van der Waals surface area (Å²) in [5.74, 6) is -4.16. The van der Waals surface area contributed by atoms with E-state index in [1.54, 1.807) is 0 Å². The van der Waals surface area contributed by atoms with Crippen molar-refractivity contribution in [1.29, 1.82) is 0 Å². The molecule has 1 aliphatic carbocycles. The smallest absolute Gasteiger partial charge is 0.317 e. The lowest BCUT2D eigenvalue weighted by Gasteiger charge is -2.34. The van der Waals surface area contributed by atoms with E-state index in [1.165, 1.54) is 9.80 Å². The van der Waals surface area contributed by atoms with Gasteiger partial charge in [-0.3, -0.25) is 29.0 Å². The number of nitrogens with zero attached hydrogens (tertiary/aromatic N) is 2. The minimum Gasteiger partial charge on any atom is -0.480 e. The van der Waals surface area contributed by atoms with E-state index in [4.69, 9.17) is 20.4 Å². The molecule has 1 rings (SSSR count). The SMILES string of the molecule is O=C(O)CN(CC(=O)O)CC1CCCC(CN(CC(=O)O)CC(=O)O)C1. The second-order valence-electron chi connectivity index (χ2n) is 6.81. The molecule has 1 aliphatic rings. The van der Waals surface area contributed by atoms with Crippen LogP contribution >= 0.6 is 0 Å².